The van der Waals surface area contributed by atoms with E-state index in [1.807, 2.05) is 20.8 Å². The van der Waals surface area contributed by atoms with Crippen LogP contribution >= 0.6 is 23.2 Å². The van der Waals surface area contributed by atoms with Crippen LogP contribution in [-0.4, -0.2) is 51.5 Å². The average molecular weight is 634 g/mol. The van der Waals surface area contributed by atoms with Gasteiger partial charge in [-0.25, -0.2) is 8.78 Å². The first kappa shape index (κ1) is 31.8. The van der Waals surface area contributed by atoms with Gasteiger partial charge in [0.05, 0.1) is 11.2 Å². The molecule has 10 heteroatoms. The van der Waals surface area contributed by atoms with Gasteiger partial charge < -0.3 is 9.63 Å². The minimum Gasteiger partial charge on any atom is -0.390 e. The van der Waals surface area contributed by atoms with E-state index >= 15 is 0 Å². The van der Waals surface area contributed by atoms with Crippen LogP contribution in [0.2, 0.25) is 10.0 Å². The number of rotatable bonds is 10. The SMILES string of the molecule is CC1(O)CCC(N2CC(CC(=O)CC(C)(C)c3cc(Cl)ccc3Cl)(CC(=O)c3cc(-c4ccc(F)cc4F)on3)C2)CC1. The third-order valence-electron chi connectivity index (χ3n) is 9.02. The molecule has 1 aromatic heterocycles. The van der Waals surface area contributed by atoms with E-state index in [0.29, 0.717) is 36.0 Å². The molecular weight excluding hydrogens is 597 g/mol. The summed E-state index contributed by atoms with van der Waals surface area (Å²) in [6.45, 7) is 6.89. The lowest BCUT2D eigenvalue weighted by atomic mass is 9.68. The fourth-order valence-electron chi connectivity index (χ4n) is 6.69. The monoisotopic (exact) mass is 632 g/mol. The lowest BCUT2D eigenvalue weighted by Crippen LogP contribution is -2.62. The topological polar surface area (TPSA) is 83.6 Å². The summed E-state index contributed by atoms with van der Waals surface area (Å²) < 4.78 is 32.9. The van der Waals surface area contributed by atoms with Gasteiger partial charge in [-0.05, 0) is 73.9 Å². The molecule has 0 radical (unpaired) electrons. The van der Waals surface area contributed by atoms with Crippen LogP contribution in [0.1, 0.15) is 81.8 Å². The summed E-state index contributed by atoms with van der Waals surface area (Å²) in [6.07, 6.45) is 3.58. The van der Waals surface area contributed by atoms with Gasteiger partial charge in [-0.2, -0.15) is 0 Å². The zero-order chi connectivity index (χ0) is 31.2. The number of carbonyl (C=O) groups is 2. The van der Waals surface area contributed by atoms with Crippen molar-refractivity contribution in [2.45, 2.75) is 82.8 Å². The Kier molecular flexibility index (Phi) is 8.89. The number of Topliss-reactive ketones (excluding diaryl/α,β-unsaturated/α-hetero) is 2. The Morgan fingerprint density at radius 1 is 1.07 bits per heavy atom. The first-order valence-corrected chi connectivity index (χ1v) is 15.3. The molecule has 230 valence electrons. The number of carbonyl (C=O) groups excluding carboxylic acids is 2. The van der Waals surface area contributed by atoms with E-state index in [1.54, 1.807) is 18.2 Å². The number of benzene rings is 2. The number of hydrogen-bond acceptors (Lipinski definition) is 6. The highest BCUT2D eigenvalue weighted by Gasteiger charge is 2.49. The molecule has 1 aliphatic heterocycles. The molecule has 0 amide bonds. The van der Waals surface area contributed by atoms with Gasteiger partial charge in [0, 0.05) is 66.0 Å². The van der Waals surface area contributed by atoms with Crippen LogP contribution in [0.3, 0.4) is 0 Å². The third-order valence-corrected chi connectivity index (χ3v) is 9.59. The molecular formula is C33H36Cl2F2N2O4. The number of aromatic nitrogens is 1. The standard InChI is InChI=1S/C33H36Cl2F2N2O4/c1-31(2,25-12-20(34)4-7-26(25)35)15-23(40)16-33(18-39(19-33)22-8-10-32(3,42)11-9-22)17-29(41)28-14-30(43-38-28)24-6-5-21(36)13-27(24)37/h4-7,12-14,22,42H,8-11,15-19H2,1-3H3. The summed E-state index contributed by atoms with van der Waals surface area (Å²) in [5, 5.41) is 15.4. The Morgan fingerprint density at radius 2 is 1.77 bits per heavy atom. The summed E-state index contributed by atoms with van der Waals surface area (Å²) in [5.41, 5.74) is -1.03. The zero-order valence-corrected chi connectivity index (χ0v) is 26.1. The first-order valence-electron chi connectivity index (χ1n) is 14.5. The zero-order valence-electron chi connectivity index (χ0n) is 24.6. The van der Waals surface area contributed by atoms with Gasteiger partial charge in [0.1, 0.15) is 23.1 Å². The second-order valence-corrected chi connectivity index (χ2v) is 14.2. The van der Waals surface area contributed by atoms with Gasteiger partial charge in [-0.15, -0.1) is 0 Å². The fraction of sp³-hybridized carbons (Fsp3) is 0.485. The Morgan fingerprint density at radius 3 is 2.44 bits per heavy atom. The van der Waals surface area contributed by atoms with Crippen LogP contribution < -0.4 is 0 Å². The summed E-state index contributed by atoms with van der Waals surface area (Å²) in [7, 11) is 0. The van der Waals surface area contributed by atoms with Gasteiger partial charge in [0.15, 0.2) is 11.5 Å². The van der Waals surface area contributed by atoms with E-state index in [4.69, 9.17) is 27.7 Å². The molecule has 2 aliphatic rings. The number of likely N-dealkylation sites (tertiary alicyclic amines) is 1. The largest absolute Gasteiger partial charge is 0.390 e. The Labute approximate surface area is 260 Å². The van der Waals surface area contributed by atoms with Crippen molar-refractivity contribution in [1.29, 1.82) is 0 Å². The van der Waals surface area contributed by atoms with Crippen molar-refractivity contribution in [1.82, 2.24) is 10.1 Å². The summed E-state index contributed by atoms with van der Waals surface area (Å²) in [4.78, 5) is 29.4. The summed E-state index contributed by atoms with van der Waals surface area (Å²) in [5.74, 6) is -1.82. The van der Waals surface area contributed by atoms with E-state index in [9.17, 15) is 23.5 Å². The molecule has 1 aliphatic carbocycles. The van der Waals surface area contributed by atoms with Crippen LogP contribution in [0.25, 0.3) is 11.3 Å². The minimum absolute atomic E-state index is 0.00255. The van der Waals surface area contributed by atoms with Crippen molar-refractivity contribution in [3.05, 3.63) is 75.4 Å². The van der Waals surface area contributed by atoms with E-state index in [0.717, 1.165) is 30.5 Å². The van der Waals surface area contributed by atoms with Crippen LogP contribution in [0.4, 0.5) is 8.78 Å². The van der Waals surface area contributed by atoms with Crippen LogP contribution in [0, 0.1) is 17.0 Å². The maximum Gasteiger partial charge on any atom is 0.185 e. The lowest BCUT2D eigenvalue weighted by Gasteiger charge is -2.55. The highest BCUT2D eigenvalue weighted by atomic mass is 35.5. The van der Waals surface area contributed by atoms with Crippen molar-refractivity contribution in [2.75, 3.05) is 13.1 Å². The molecule has 3 aromatic rings. The highest BCUT2D eigenvalue weighted by Crippen LogP contribution is 2.45. The maximum atomic E-state index is 14.3. The van der Waals surface area contributed by atoms with E-state index < -0.39 is 28.1 Å². The second kappa shape index (κ2) is 12.0. The number of aliphatic hydroxyl groups is 1. The highest BCUT2D eigenvalue weighted by molar-refractivity contribution is 6.33. The lowest BCUT2D eigenvalue weighted by molar-refractivity contribution is -0.128. The quantitative estimate of drug-likeness (QED) is 0.229. The van der Waals surface area contributed by atoms with Crippen LogP contribution in [-0.2, 0) is 10.2 Å². The second-order valence-electron chi connectivity index (χ2n) is 13.3. The molecule has 0 spiro atoms. The molecule has 0 unspecified atom stereocenters. The average Bonchev–Trinajstić information content (AvgIpc) is 3.38. The van der Waals surface area contributed by atoms with E-state index in [-0.39, 0.29) is 53.9 Å². The smallest absolute Gasteiger partial charge is 0.185 e. The van der Waals surface area contributed by atoms with Gasteiger partial charge in [-0.3, -0.25) is 14.5 Å². The van der Waals surface area contributed by atoms with Crippen molar-refractivity contribution in [3.63, 3.8) is 0 Å². The Balaban J connectivity index is 1.33. The van der Waals surface area contributed by atoms with E-state index in [1.165, 1.54) is 12.1 Å². The maximum absolute atomic E-state index is 14.3. The Bertz CT molecular complexity index is 1520. The molecule has 2 aromatic carbocycles. The molecule has 0 bridgehead atoms. The molecule has 1 saturated carbocycles. The minimum atomic E-state index is -0.819. The number of nitrogens with zero attached hydrogens (tertiary/aromatic N) is 2. The van der Waals surface area contributed by atoms with Crippen LogP contribution in [0.5, 0.6) is 0 Å². The predicted molar refractivity (Wildman–Crippen MR) is 161 cm³/mol. The number of ketones is 2. The number of halogens is 4. The normalized spacial score (nSPS) is 22.3. The molecule has 2 heterocycles. The third kappa shape index (κ3) is 7.19. The molecule has 2 fully saturated rings. The molecule has 5 rings (SSSR count). The predicted octanol–water partition coefficient (Wildman–Crippen LogP) is 7.82. The van der Waals surface area contributed by atoms with Crippen molar-refractivity contribution < 1.29 is 28.0 Å². The molecule has 1 N–H and O–H groups in total. The van der Waals surface area contributed by atoms with Gasteiger partial charge in [-0.1, -0.05) is 42.2 Å². The first-order chi connectivity index (χ1) is 20.2. The molecule has 1 saturated heterocycles. The van der Waals surface area contributed by atoms with Gasteiger partial charge >= 0.3 is 0 Å². The fourth-order valence-corrected chi connectivity index (χ4v) is 7.23. The molecule has 43 heavy (non-hydrogen) atoms. The van der Waals surface area contributed by atoms with Crippen LogP contribution in [0.15, 0.2) is 47.0 Å². The summed E-state index contributed by atoms with van der Waals surface area (Å²) >= 11 is 12.7. The number of hydrogen-bond donors (Lipinski definition) is 1. The van der Waals surface area contributed by atoms with Gasteiger partial charge in [0.2, 0.25) is 0 Å². The Hall–Kier alpha value is -2.65. The van der Waals surface area contributed by atoms with Crippen molar-refractivity contribution >= 4 is 34.8 Å². The summed E-state index contributed by atoms with van der Waals surface area (Å²) in [6, 6.07) is 9.93. The molecule has 6 nitrogen and oxygen atoms in total. The molecule has 0 atom stereocenters. The van der Waals surface area contributed by atoms with Crippen molar-refractivity contribution in [3.8, 4) is 11.3 Å². The van der Waals surface area contributed by atoms with Crippen molar-refractivity contribution in [2.24, 2.45) is 5.41 Å². The van der Waals surface area contributed by atoms with Gasteiger partial charge in [0.25, 0.3) is 0 Å². The van der Waals surface area contributed by atoms with E-state index in [2.05, 4.69) is 10.1 Å².